The monoisotopic (exact) mass is 302 g/mol. The molecule has 1 unspecified atom stereocenters. The van der Waals surface area contributed by atoms with Crippen molar-refractivity contribution in [3.05, 3.63) is 36.4 Å². The van der Waals surface area contributed by atoms with Gasteiger partial charge in [-0.2, -0.15) is 0 Å². The van der Waals surface area contributed by atoms with Gasteiger partial charge < -0.3 is 5.73 Å². The predicted molar refractivity (Wildman–Crippen MR) is 69.6 cm³/mol. The van der Waals surface area contributed by atoms with Gasteiger partial charge in [0.2, 0.25) is 0 Å². The highest BCUT2D eigenvalue weighted by molar-refractivity contribution is 9.11. The molecule has 2 N–H and O–H groups in total. The number of thiophene rings is 1. The number of halogens is 1. The molecule has 0 bridgehead atoms. The molecule has 0 saturated heterocycles. The number of rotatable bonds is 2. The molecule has 0 amide bonds. The van der Waals surface area contributed by atoms with Crippen LogP contribution in [0.3, 0.4) is 0 Å². The lowest BCUT2D eigenvalue weighted by atomic mass is 10.3. The van der Waals surface area contributed by atoms with E-state index in [2.05, 4.69) is 27.8 Å². The highest BCUT2D eigenvalue weighted by Crippen LogP contribution is 2.32. The zero-order valence-corrected chi connectivity index (χ0v) is 11.7. The number of nitrogens with zero attached hydrogens (tertiary/aromatic N) is 1. The van der Waals surface area contributed by atoms with Crippen LogP contribution in [-0.2, 0) is 0 Å². The summed E-state index contributed by atoms with van der Waals surface area (Å²) < 4.78 is 1.11. The molecule has 15 heavy (non-hydrogen) atoms. The van der Waals surface area contributed by atoms with E-state index in [4.69, 9.17) is 5.73 Å². The van der Waals surface area contributed by atoms with Crippen LogP contribution in [0.4, 0.5) is 0 Å². The molecule has 0 spiro atoms. The summed E-state index contributed by atoms with van der Waals surface area (Å²) in [6, 6.07) is 3.98. The third-order valence-corrected chi connectivity index (χ3v) is 5.07. The first-order valence-corrected chi connectivity index (χ1v) is 6.95. The average Bonchev–Trinajstić information content (AvgIpc) is 2.74. The van der Waals surface area contributed by atoms with Crippen LogP contribution in [-0.4, -0.2) is 4.98 Å². The first kappa shape index (κ1) is 11.3. The Bertz CT molecular complexity index is 456. The van der Waals surface area contributed by atoms with Crippen LogP contribution >= 0.6 is 38.6 Å². The number of aryl methyl sites for hydroxylation is 2. The molecule has 0 aliphatic carbocycles. The Labute approximate surface area is 105 Å². The molecule has 2 aromatic heterocycles. The van der Waals surface area contributed by atoms with Crippen molar-refractivity contribution in [1.82, 2.24) is 4.98 Å². The predicted octanol–water partition coefficient (Wildman–Crippen LogP) is 3.63. The molecule has 0 aromatic carbocycles. The van der Waals surface area contributed by atoms with Crippen LogP contribution in [0.2, 0.25) is 0 Å². The number of aromatic nitrogens is 1. The van der Waals surface area contributed by atoms with Gasteiger partial charge in [0, 0.05) is 9.75 Å². The van der Waals surface area contributed by atoms with Crippen molar-refractivity contribution in [1.29, 1.82) is 0 Å². The van der Waals surface area contributed by atoms with E-state index in [1.165, 1.54) is 4.88 Å². The minimum atomic E-state index is -0.0845. The van der Waals surface area contributed by atoms with Gasteiger partial charge in [-0.25, -0.2) is 4.98 Å². The van der Waals surface area contributed by atoms with Gasteiger partial charge in [-0.1, -0.05) is 0 Å². The molecule has 2 nitrogen and oxygen atoms in total. The minimum absolute atomic E-state index is 0.0845. The highest BCUT2D eigenvalue weighted by atomic mass is 79.9. The summed E-state index contributed by atoms with van der Waals surface area (Å²) in [7, 11) is 0. The van der Waals surface area contributed by atoms with Crippen LogP contribution in [0.1, 0.15) is 26.5 Å². The molecule has 2 aromatic rings. The van der Waals surface area contributed by atoms with Gasteiger partial charge in [-0.05, 0) is 41.9 Å². The normalized spacial score (nSPS) is 13.1. The first-order valence-electron chi connectivity index (χ1n) is 4.52. The standard InChI is InChI=1S/C10H11BrN2S2/c1-5-6(2)14-10(13-5)9(12)7-3-4-8(11)15-7/h3-4,9H,12H2,1-2H3. The summed E-state index contributed by atoms with van der Waals surface area (Å²) in [5.41, 5.74) is 7.23. The minimum Gasteiger partial charge on any atom is -0.318 e. The van der Waals surface area contributed by atoms with Gasteiger partial charge >= 0.3 is 0 Å². The van der Waals surface area contributed by atoms with Crippen molar-refractivity contribution >= 4 is 38.6 Å². The lowest BCUT2D eigenvalue weighted by molar-refractivity contribution is 0.871. The van der Waals surface area contributed by atoms with Crippen LogP contribution in [0.5, 0.6) is 0 Å². The molecular weight excluding hydrogens is 292 g/mol. The third-order valence-electron chi connectivity index (χ3n) is 2.21. The van der Waals surface area contributed by atoms with Gasteiger partial charge in [0.05, 0.1) is 15.5 Å². The number of thiazole rings is 1. The second-order valence-electron chi connectivity index (χ2n) is 3.31. The van der Waals surface area contributed by atoms with Gasteiger partial charge in [0.25, 0.3) is 0 Å². The molecule has 2 heterocycles. The fraction of sp³-hybridized carbons (Fsp3) is 0.300. The average molecular weight is 303 g/mol. The fourth-order valence-electron chi connectivity index (χ4n) is 1.25. The molecule has 0 saturated carbocycles. The number of nitrogens with two attached hydrogens (primary N) is 1. The van der Waals surface area contributed by atoms with Crippen molar-refractivity contribution < 1.29 is 0 Å². The van der Waals surface area contributed by atoms with Gasteiger partial charge in [0.1, 0.15) is 5.01 Å². The molecule has 0 aliphatic heterocycles. The number of hydrogen-bond acceptors (Lipinski definition) is 4. The zero-order valence-electron chi connectivity index (χ0n) is 8.45. The van der Waals surface area contributed by atoms with E-state index in [0.717, 1.165) is 19.4 Å². The van der Waals surface area contributed by atoms with Crippen molar-refractivity contribution in [2.24, 2.45) is 5.73 Å². The largest absolute Gasteiger partial charge is 0.318 e. The first-order chi connectivity index (χ1) is 7.08. The molecule has 80 valence electrons. The molecule has 5 heteroatoms. The number of hydrogen-bond donors (Lipinski definition) is 1. The van der Waals surface area contributed by atoms with Gasteiger partial charge in [0.15, 0.2) is 0 Å². The molecule has 0 fully saturated rings. The summed E-state index contributed by atoms with van der Waals surface area (Å²) in [5.74, 6) is 0. The van der Waals surface area contributed by atoms with Crippen molar-refractivity contribution in [3.8, 4) is 0 Å². The topological polar surface area (TPSA) is 38.9 Å². The molecule has 0 radical (unpaired) electrons. The van der Waals surface area contributed by atoms with E-state index < -0.39 is 0 Å². The van der Waals surface area contributed by atoms with Gasteiger partial charge in [-0.3, -0.25) is 0 Å². The Kier molecular flexibility index (Phi) is 3.25. The summed E-state index contributed by atoms with van der Waals surface area (Å²) in [6.07, 6.45) is 0. The molecule has 2 rings (SSSR count). The summed E-state index contributed by atoms with van der Waals surface area (Å²) in [5, 5.41) is 0.999. The molecule has 1 atom stereocenters. The van der Waals surface area contributed by atoms with Crippen LogP contribution in [0, 0.1) is 13.8 Å². The Morgan fingerprint density at radius 3 is 2.53 bits per heavy atom. The lowest BCUT2D eigenvalue weighted by Crippen LogP contribution is -2.09. The van der Waals surface area contributed by atoms with Gasteiger partial charge in [-0.15, -0.1) is 22.7 Å². The Morgan fingerprint density at radius 2 is 2.07 bits per heavy atom. The van der Waals surface area contributed by atoms with E-state index in [1.54, 1.807) is 22.7 Å². The fourth-order valence-corrected chi connectivity index (χ4v) is 3.69. The van der Waals surface area contributed by atoms with E-state index in [-0.39, 0.29) is 6.04 Å². The maximum absolute atomic E-state index is 6.15. The van der Waals surface area contributed by atoms with Crippen molar-refractivity contribution in [2.75, 3.05) is 0 Å². The second-order valence-corrected chi connectivity index (χ2v) is 7.04. The maximum atomic E-state index is 6.15. The lowest BCUT2D eigenvalue weighted by Gasteiger charge is -2.04. The molecule has 0 aliphatic rings. The van der Waals surface area contributed by atoms with E-state index in [0.29, 0.717) is 0 Å². The summed E-state index contributed by atoms with van der Waals surface area (Å²) in [6.45, 7) is 4.10. The smallest absolute Gasteiger partial charge is 0.115 e. The van der Waals surface area contributed by atoms with Crippen LogP contribution in [0.15, 0.2) is 15.9 Å². The Hall–Kier alpha value is -0.230. The summed E-state index contributed by atoms with van der Waals surface area (Å²) >= 11 is 6.78. The summed E-state index contributed by atoms with van der Waals surface area (Å²) in [4.78, 5) is 6.88. The van der Waals surface area contributed by atoms with Crippen molar-refractivity contribution in [3.63, 3.8) is 0 Å². The SMILES string of the molecule is Cc1nc(C(N)c2ccc(Br)s2)sc1C. The van der Waals surface area contributed by atoms with E-state index in [1.807, 2.05) is 19.1 Å². The second kappa shape index (κ2) is 4.33. The quantitative estimate of drug-likeness (QED) is 0.920. The highest BCUT2D eigenvalue weighted by Gasteiger charge is 2.15. The molecular formula is C10H11BrN2S2. The third kappa shape index (κ3) is 2.30. The van der Waals surface area contributed by atoms with Crippen LogP contribution < -0.4 is 5.73 Å². The Balaban J connectivity index is 2.31. The zero-order chi connectivity index (χ0) is 11.0. The van der Waals surface area contributed by atoms with E-state index in [9.17, 15) is 0 Å². The maximum Gasteiger partial charge on any atom is 0.115 e. The van der Waals surface area contributed by atoms with Crippen LogP contribution in [0.25, 0.3) is 0 Å². The Morgan fingerprint density at radius 1 is 1.33 bits per heavy atom. The van der Waals surface area contributed by atoms with E-state index >= 15 is 0 Å². The van der Waals surface area contributed by atoms with Crippen molar-refractivity contribution in [2.45, 2.75) is 19.9 Å².